The van der Waals surface area contributed by atoms with Crippen LogP contribution in [0.1, 0.15) is 37.0 Å². The summed E-state index contributed by atoms with van der Waals surface area (Å²) in [6.45, 7) is 4.46. The number of halogens is 1. The maximum atomic E-state index is 12.4. The van der Waals surface area contributed by atoms with Gasteiger partial charge in [-0.1, -0.05) is 43.6 Å². The van der Waals surface area contributed by atoms with Crippen molar-refractivity contribution in [1.29, 1.82) is 0 Å². The van der Waals surface area contributed by atoms with Crippen LogP contribution in [0.25, 0.3) is 11.3 Å². The zero-order chi connectivity index (χ0) is 16.2. The number of carbonyl (C=O) groups excluding carboxylic acids is 1. The molecule has 118 valence electrons. The van der Waals surface area contributed by atoms with Crippen LogP contribution in [0.4, 0.5) is 0 Å². The van der Waals surface area contributed by atoms with E-state index in [1.165, 1.54) is 6.20 Å². The van der Waals surface area contributed by atoms with Gasteiger partial charge in [0.2, 0.25) is 0 Å². The lowest BCUT2D eigenvalue weighted by molar-refractivity contribution is 0.0943. The first-order valence-corrected chi connectivity index (χ1v) is 7.74. The van der Waals surface area contributed by atoms with Gasteiger partial charge in [-0.2, -0.15) is 5.10 Å². The van der Waals surface area contributed by atoms with E-state index in [4.69, 9.17) is 17.3 Å². The van der Waals surface area contributed by atoms with E-state index in [9.17, 15) is 4.79 Å². The second kappa shape index (κ2) is 6.94. The van der Waals surface area contributed by atoms with Gasteiger partial charge in [-0.05, 0) is 18.9 Å². The number of nitrogens with two attached hydrogens (primary N) is 1. The molecule has 0 bridgehead atoms. The van der Waals surface area contributed by atoms with Crippen LogP contribution in [0, 0.1) is 0 Å². The molecule has 1 heterocycles. The highest BCUT2D eigenvalue weighted by Gasteiger charge is 2.23. The summed E-state index contributed by atoms with van der Waals surface area (Å²) in [6, 6.07) is 7.33. The minimum atomic E-state index is -0.385. The van der Waals surface area contributed by atoms with Crippen molar-refractivity contribution in [2.75, 3.05) is 6.54 Å². The van der Waals surface area contributed by atoms with Crippen LogP contribution in [0.3, 0.4) is 0 Å². The minimum absolute atomic E-state index is 0.208. The van der Waals surface area contributed by atoms with Crippen molar-refractivity contribution in [3.63, 3.8) is 0 Å². The maximum absolute atomic E-state index is 12.4. The number of carbonyl (C=O) groups is 1. The molecule has 0 radical (unpaired) electrons. The summed E-state index contributed by atoms with van der Waals surface area (Å²) in [6.07, 6.45) is 3.10. The second-order valence-electron chi connectivity index (χ2n) is 5.39. The summed E-state index contributed by atoms with van der Waals surface area (Å²) in [4.78, 5) is 12.4. The SMILES string of the molecule is CCC(N)(CC)CNC(=O)c1cn[nH]c1-c1ccccc1Cl. The Balaban J connectivity index is 2.19. The molecule has 0 aliphatic rings. The molecule has 0 unspecified atom stereocenters. The molecule has 4 N–H and O–H groups in total. The monoisotopic (exact) mass is 320 g/mol. The number of amides is 1. The standard InChI is InChI=1S/C16H21ClN4O/c1-3-16(18,4-2)10-19-15(22)12-9-20-21-14(12)11-7-5-6-8-13(11)17/h5-9H,3-4,10,18H2,1-2H3,(H,19,22)(H,20,21). The van der Waals surface area contributed by atoms with Crippen molar-refractivity contribution in [3.05, 3.63) is 41.0 Å². The van der Waals surface area contributed by atoms with Gasteiger partial charge in [0, 0.05) is 22.7 Å². The van der Waals surface area contributed by atoms with Crippen LogP contribution in [0.2, 0.25) is 5.02 Å². The Bertz CT molecular complexity index is 649. The fourth-order valence-electron chi connectivity index (χ4n) is 2.18. The highest BCUT2D eigenvalue weighted by Crippen LogP contribution is 2.28. The minimum Gasteiger partial charge on any atom is -0.350 e. The molecule has 0 aliphatic carbocycles. The van der Waals surface area contributed by atoms with Gasteiger partial charge >= 0.3 is 0 Å². The van der Waals surface area contributed by atoms with E-state index in [0.717, 1.165) is 18.4 Å². The summed E-state index contributed by atoms with van der Waals surface area (Å²) in [7, 11) is 0. The third-order valence-electron chi connectivity index (χ3n) is 4.04. The van der Waals surface area contributed by atoms with Gasteiger partial charge in [-0.25, -0.2) is 0 Å². The highest BCUT2D eigenvalue weighted by molar-refractivity contribution is 6.33. The van der Waals surface area contributed by atoms with Gasteiger partial charge in [-0.15, -0.1) is 0 Å². The van der Waals surface area contributed by atoms with E-state index in [2.05, 4.69) is 15.5 Å². The van der Waals surface area contributed by atoms with Gasteiger partial charge in [0.15, 0.2) is 0 Å². The molecule has 0 saturated heterocycles. The number of rotatable bonds is 6. The molecule has 5 nitrogen and oxygen atoms in total. The van der Waals surface area contributed by atoms with Crippen molar-refractivity contribution in [2.45, 2.75) is 32.2 Å². The number of hydrogen-bond acceptors (Lipinski definition) is 3. The molecule has 1 aromatic heterocycles. The average molecular weight is 321 g/mol. The van der Waals surface area contributed by atoms with E-state index in [1.807, 2.05) is 32.0 Å². The van der Waals surface area contributed by atoms with Crippen molar-refractivity contribution < 1.29 is 4.79 Å². The summed E-state index contributed by atoms with van der Waals surface area (Å²) >= 11 is 6.19. The van der Waals surface area contributed by atoms with E-state index in [-0.39, 0.29) is 11.4 Å². The van der Waals surface area contributed by atoms with E-state index < -0.39 is 0 Å². The first kappa shape index (κ1) is 16.5. The molecule has 6 heteroatoms. The summed E-state index contributed by atoms with van der Waals surface area (Å²) in [5.41, 5.74) is 7.65. The number of aromatic nitrogens is 2. The molecule has 0 atom stereocenters. The Morgan fingerprint density at radius 1 is 1.36 bits per heavy atom. The summed E-state index contributed by atoms with van der Waals surface area (Å²) < 4.78 is 0. The van der Waals surface area contributed by atoms with Crippen LogP contribution in [-0.4, -0.2) is 28.2 Å². The van der Waals surface area contributed by atoms with Crippen molar-refractivity contribution in [2.24, 2.45) is 5.73 Å². The quantitative estimate of drug-likeness (QED) is 0.765. The van der Waals surface area contributed by atoms with Gasteiger partial charge in [0.25, 0.3) is 5.91 Å². The Kier molecular flexibility index (Phi) is 5.21. The first-order chi connectivity index (χ1) is 10.5. The smallest absolute Gasteiger partial charge is 0.255 e. The third kappa shape index (κ3) is 3.48. The Morgan fingerprint density at radius 3 is 2.68 bits per heavy atom. The van der Waals surface area contributed by atoms with Gasteiger partial charge in [0.1, 0.15) is 0 Å². The zero-order valence-electron chi connectivity index (χ0n) is 12.8. The molecule has 0 aliphatic heterocycles. The Morgan fingerprint density at radius 2 is 2.05 bits per heavy atom. The Labute approximate surface area is 135 Å². The molecule has 22 heavy (non-hydrogen) atoms. The Hall–Kier alpha value is -1.85. The molecule has 2 aromatic rings. The normalized spacial score (nSPS) is 11.5. The predicted octanol–water partition coefficient (Wildman–Crippen LogP) is 2.98. The highest BCUT2D eigenvalue weighted by atomic mass is 35.5. The van der Waals surface area contributed by atoms with E-state index in [0.29, 0.717) is 22.8 Å². The van der Waals surface area contributed by atoms with Crippen LogP contribution in [0.5, 0.6) is 0 Å². The summed E-state index contributed by atoms with van der Waals surface area (Å²) in [5.74, 6) is -0.208. The lowest BCUT2D eigenvalue weighted by atomic mass is 9.94. The fourth-order valence-corrected chi connectivity index (χ4v) is 2.41. The van der Waals surface area contributed by atoms with Crippen LogP contribution >= 0.6 is 11.6 Å². The molecule has 0 spiro atoms. The number of hydrogen-bond donors (Lipinski definition) is 3. The molecule has 0 saturated carbocycles. The van der Waals surface area contributed by atoms with Crippen LogP contribution < -0.4 is 11.1 Å². The largest absolute Gasteiger partial charge is 0.350 e. The molecular weight excluding hydrogens is 300 g/mol. The maximum Gasteiger partial charge on any atom is 0.255 e. The van der Waals surface area contributed by atoms with E-state index in [1.54, 1.807) is 6.07 Å². The van der Waals surface area contributed by atoms with Crippen LogP contribution in [-0.2, 0) is 0 Å². The number of H-pyrrole nitrogens is 1. The predicted molar refractivity (Wildman–Crippen MR) is 88.9 cm³/mol. The lowest BCUT2D eigenvalue weighted by Crippen LogP contribution is -2.49. The molecule has 2 rings (SSSR count). The first-order valence-electron chi connectivity index (χ1n) is 7.36. The average Bonchev–Trinajstić information content (AvgIpc) is 3.02. The topological polar surface area (TPSA) is 83.8 Å². The number of benzene rings is 1. The molecule has 1 amide bonds. The zero-order valence-corrected chi connectivity index (χ0v) is 13.6. The van der Waals surface area contributed by atoms with Gasteiger partial charge in [-0.3, -0.25) is 9.89 Å². The van der Waals surface area contributed by atoms with E-state index >= 15 is 0 Å². The molecular formula is C16H21ClN4O. The van der Waals surface area contributed by atoms with Gasteiger partial charge in [0.05, 0.1) is 17.5 Å². The number of aromatic amines is 1. The van der Waals surface area contributed by atoms with Crippen LogP contribution in [0.15, 0.2) is 30.5 Å². The lowest BCUT2D eigenvalue weighted by Gasteiger charge is -2.26. The summed E-state index contributed by atoms with van der Waals surface area (Å²) in [5, 5.41) is 10.3. The number of nitrogens with zero attached hydrogens (tertiary/aromatic N) is 1. The fraction of sp³-hybridized carbons (Fsp3) is 0.375. The number of nitrogens with one attached hydrogen (secondary N) is 2. The van der Waals surface area contributed by atoms with Crippen molar-refractivity contribution >= 4 is 17.5 Å². The van der Waals surface area contributed by atoms with Crippen molar-refractivity contribution in [3.8, 4) is 11.3 Å². The molecule has 1 aromatic carbocycles. The van der Waals surface area contributed by atoms with Gasteiger partial charge < -0.3 is 11.1 Å². The second-order valence-corrected chi connectivity index (χ2v) is 5.80. The third-order valence-corrected chi connectivity index (χ3v) is 4.37. The molecule has 0 fully saturated rings. The van der Waals surface area contributed by atoms with Crippen molar-refractivity contribution in [1.82, 2.24) is 15.5 Å².